The van der Waals surface area contributed by atoms with Crippen LogP contribution in [0.15, 0.2) is 58.6 Å². The molecular formula is C38H46ClF3N8O3S. The highest BCUT2D eigenvalue weighted by molar-refractivity contribution is 7.99. The number of hydrogen-bond acceptors (Lipinski definition) is 9. The first-order valence-corrected chi connectivity index (χ1v) is 19.2. The molecule has 5 rings (SSSR count). The largest absolute Gasteiger partial charge is 0.416 e. The van der Waals surface area contributed by atoms with Crippen molar-refractivity contribution < 1.29 is 27.6 Å². The van der Waals surface area contributed by atoms with E-state index in [4.69, 9.17) is 28.1 Å². The number of halogens is 4. The average molecular weight is 787 g/mol. The van der Waals surface area contributed by atoms with E-state index in [-0.39, 0.29) is 34.9 Å². The monoisotopic (exact) mass is 786 g/mol. The van der Waals surface area contributed by atoms with Gasteiger partial charge in [0.15, 0.2) is 0 Å². The molecule has 2 aliphatic rings. The van der Waals surface area contributed by atoms with Crippen LogP contribution < -0.4 is 27.4 Å². The van der Waals surface area contributed by atoms with Crippen LogP contribution in [-0.2, 0) is 46.5 Å². The number of nitrogens with zero attached hydrogens (tertiary/aromatic N) is 3. The minimum Gasteiger partial charge on any atom is -0.350 e. The fourth-order valence-corrected chi connectivity index (χ4v) is 7.89. The lowest BCUT2D eigenvalue weighted by molar-refractivity contribution is -0.142. The van der Waals surface area contributed by atoms with Crippen LogP contribution in [0.5, 0.6) is 0 Å². The first-order valence-electron chi connectivity index (χ1n) is 18.0. The molecule has 3 aromatic rings. The number of rotatable bonds is 9. The normalized spacial score (nSPS) is 20.0. The van der Waals surface area contributed by atoms with Gasteiger partial charge < -0.3 is 32.3 Å². The number of aromatic nitrogens is 2. The number of allylic oxidation sites excluding steroid dienone is 1. The summed E-state index contributed by atoms with van der Waals surface area (Å²) >= 11 is 7.55. The lowest BCUT2D eigenvalue weighted by Crippen LogP contribution is -2.57. The van der Waals surface area contributed by atoms with E-state index in [1.165, 1.54) is 24.2 Å². The highest BCUT2D eigenvalue weighted by atomic mass is 35.5. The van der Waals surface area contributed by atoms with Crippen LogP contribution in [0.25, 0.3) is 6.08 Å². The third-order valence-corrected chi connectivity index (χ3v) is 11.2. The van der Waals surface area contributed by atoms with E-state index in [2.05, 4.69) is 27.0 Å². The summed E-state index contributed by atoms with van der Waals surface area (Å²) in [4.78, 5) is 53.1. The molecule has 0 spiro atoms. The number of likely N-dealkylation sites (N-methyl/N-ethyl adjacent to an activating group) is 1. The third-order valence-electron chi connectivity index (χ3n) is 9.55. The smallest absolute Gasteiger partial charge is 0.350 e. The van der Waals surface area contributed by atoms with Crippen molar-refractivity contribution in [1.82, 2.24) is 30.8 Å². The van der Waals surface area contributed by atoms with Crippen molar-refractivity contribution in [3.8, 4) is 0 Å². The van der Waals surface area contributed by atoms with Gasteiger partial charge in [-0.3, -0.25) is 19.4 Å². The van der Waals surface area contributed by atoms with E-state index in [9.17, 15) is 27.6 Å². The molecule has 2 aromatic heterocycles. The predicted octanol–water partition coefficient (Wildman–Crippen LogP) is 4.77. The van der Waals surface area contributed by atoms with Gasteiger partial charge in [0.1, 0.15) is 17.1 Å². The lowest BCUT2D eigenvalue weighted by atomic mass is 10.00. The van der Waals surface area contributed by atoms with Crippen molar-refractivity contribution in [2.24, 2.45) is 11.5 Å². The summed E-state index contributed by atoms with van der Waals surface area (Å²) in [6.45, 7) is 0.280. The molecule has 11 nitrogen and oxygen atoms in total. The minimum absolute atomic E-state index is 0.0320. The molecule has 0 saturated heterocycles. The van der Waals surface area contributed by atoms with Gasteiger partial charge >= 0.3 is 6.18 Å². The van der Waals surface area contributed by atoms with Crippen LogP contribution in [0.2, 0.25) is 5.02 Å². The summed E-state index contributed by atoms with van der Waals surface area (Å²) in [7, 11) is 1.46. The van der Waals surface area contributed by atoms with Crippen molar-refractivity contribution in [2.75, 3.05) is 20.1 Å². The summed E-state index contributed by atoms with van der Waals surface area (Å²) in [5.74, 6) is -1.67. The second-order valence-electron chi connectivity index (χ2n) is 13.3. The maximum Gasteiger partial charge on any atom is 0.416 e. The number of carbonyl (C=O) groups is 3. The van der Waals surface area contributed by atoms with Gasteiger partial charge in [0.25, 0.3) is 0 Å². The molecule has 3 atom stereocenters. The van der Waals surface area contributed by atoms with Gasteiger partial charge in [0, 0.05) is 49.0 Å². The molecule has 3 heterocycles. The Morgan fingerprint density at radius 3 is 2.52 bits per heavy atom. The number of unbranched alkanes of at least 4 members (excludes halogenated alkanes) is 1. The molecule has 3 amide bonds. The molecule has 0 bridgehead atoms. The quantitative estimate of drug-likeness (QED) is 0.192. The molecule has 54 heavy (non-hydrogen) atoms. The second kappa shape index (κ2) is 19.0. The molecule has 1 aliphatic carbocycles. The lowest BCUT2D eigenvalue weighted by Gasteiger charge is -2.32. The second-order valence-corrected chi connectivity index (χ2v) is 14.8. The molecule has 1 aromatic carbocycles. The number of fused-ring (bicyclic) bond motifs is 3. The van der Waals surface area contributed by atoms with E-state index >= 15 is 0 Å². The van der Waals surface area contributed by atoms with Gasteiger partial charge in [0.05, 0.1) is 16.6 Å². The summed E-state index contributed by atoms with van der Waals surface area (Å²) in [6.07, 6.45) is 4.45. The maximum absolute atomic E-state index is 14.6. The Balaban J connectivity index is 1.61. The zero-order chi connectivity index (χ0) is 38.8. The van der Waals surface area contributed by atoms with Gasteiger partial charge in [-0.2, -0.15) is 13.2 Å². The first kappa shape index (κ1) is 41.1. The Morgan fingerprint density at radius 2 is 1.76 bits per heavy atom. The van der Waals surface area contributed by atoms with Gasteiger partial charge in [-0.25, -0.2) is 4.98 Å². The summed E-state index contributed by atoms with van der Waals surface area (Å²) in [6, 6.07) is 6.16. The van der Waals surface area contributed by atoms with Crippen LogP contribution in [-0.4, -0.2) is 70.9 Å². The highest BCUT2D eigenvalue weighted by Crippen LogP contribution is 2.43. The van der Waals surface area contributed by atoms with Crippen molar-refractivity contribution >= 4 is 47.2 Å². The van der Waals surface area contributed by atoms with E-state index in [1.807, 2.05) is 12.1 Å². The summed E-state index contributed by atoms with van der Waals surface area (Å²) in [5, 5.41) is 9.28. The average Bonchev–Trinajstić information content (AvgIpc) is 3.15. The molecular weight excluding hydrogens is 741 g/mol. The van der Waals surface area contributed by atoms with Crippen LogP contribution >= 0.6 is 23.4 Å². The number of hydrogen-bond donors (Lipinski definition) is 5. The van der Waals surface area contributed by atoms with Crippen LogP contribution in [0.4, 0.5) is 13.2 Å². The SMILES string of the molecule is CN1C(=O)[C@H](CCCCN)NC(=O)[C@H](CCCN)NCc2cccnc2Sc2c(Cl)ccc(C(F)(F)F)c2CNC(=O)[C@@H]1Cc1ccc2c(n1)CCC=C2. The van der Waals surface area contributed by atoms with Crippen LogP contribution in [0.1, 0.15) is 72.2 Å². The Bertz CT molecular complexity index is 1850. The number of pyridine rings is 2. The highest BCUT2D eigenvalue weighted by Gasteiger charge is 2.37. The topological polar surface area (TPSA) is 168 Å². The zero-order valence-electron chi connectivity index (χ0n) is 30.1. The fraction of sp³-hybridized carbons (Fsp3) is 0.447. The molecule has 0 radical (unpaired) electrons. The number of benzene rings is 1. The van der Waals surface area contributed by atoms with E-state index < -0.39 is 54.1 Å². The molecule has 290 valence electrons. The number of aryl methyl sites for hydroxylation is 1. The van der Waals surface area contributed by atoms with Gasteiger partial charge in [-0.15, -0.1) is 0 Å². The van der Waals surface area contributed by atoms with E-state index in [0.717, 1.165) is 35.5 Å². The number of amides is 3. The van der Waals surface area contributed by atoms with Gasteiger partial charge in [-0.05, 0) is 99.0 Å². The number of carbonyl (C=O) groups excluding carboxylic acids is 3. The molecule has 1 aliphatic heterocycles. The predicted molar refractivity (Wildman–Crippen MR) is 202 cm³/mol. The summed E-state index contributed by atoms with van der Waals surface area (Å²) in [5.41, 5.74) is 13.3. The van der Waals surface area contributed by atoms with Crippen LogP contribution in [0, 0.1) is 0 Å². The van der Waals surface area contributed by atoms with Gasteiger partial charge in [0.2, 0.25) is 17.7 Å². The molecule has 0 unspecified atom stereocenters. The fourth-order valence-electron chi connectivity index (χ4n) is 6.55. The Hall–Kier alpha value is -4.02. The van der Waals surface area contributed by atoms with Crippen molar-refractivity contribution in [3.05, 3.63) is 87.3 Å². The molecule has 7 N–H and O–H groups in total. The molecule has 16 heteroatoms. The molecule has 0 fully saturated rings. The Morgan fingerprint density at radius 1 is 0.981 bits per heavy atom. The van der Waals surface area contributed by atoms with Crippen molar-refractivity contribution in [1.29, 1.82) is 0 Å². The Labute approximate surface area is 322 Å². The maximum atomic E-state index is 14.6. The molecule has 0 saturated carbocycles. The summed E-state index contributed by atoms with van der Waals surface area (Å²) < 4.78 is 43.7. The first-order chi connectivity index (χ1) is 25.9. The van der Waals surface area contributed by atoms with E-state index in [1.54, 1.807) is 18.2 Å². The number of nitrogens with one attached hydrogen (secondary N) is 3. The third kappa shape index (κ3) is 10.4. The van der Waals surface area contributed by atoms with Crippen molar-refractivity contribution in [3.63, 3.8) is 0 Å². The van der Waals surface area contributed by atoms with Crippen LogP contribution in [0.3, 0.4) is 0 Å². The number of alkyl halides is 3. The van der Waals surface area contributed by atoms with E-state index in [0.29, 0.717) is 61.5 Å². The zero-order valence-corrected chi connectivity index (χ0v) is 31.6. The minimum atomic E-state index is -4.78. The Kier molecular flexibility index (Phi) is 14.5. The van der Waals surface area contributed by atoms with Crippen molar-refractivity contribution in [2.45, 2.75) is 98.7 Å². The van der Waals surface area contributed by atoms with Gasteiger partial charge in [-0.1, -0.05) is 47.6 Å². The number of nitrogens with two attached hydrogens (primary N) is 2. The standard InChI is InChI=1S/C38H46ClF3N8O3S/c1-50-32(20-25-14-13-23-8-2-3-10-29(23)48-25)35(52)47-22-26-27(38(40,41)42)15-16-28(39)33(26)54-36-24(9-7-19-45-36)21-46-30(12-6-18-44)34(51)49-31(37(50)53)11-4-5-17-43/h2,7-9,13-16,19,30-32,46H,3-6,10-12,17-18,20-22,43-44H2,1H3,(H,47,52)(H,49,51)/t30-,31-,32-/m0/s1.